The summed E-state index contributed by atoms with van der Waals surface area (Å²) in [5, 5.41) is 20.0. The van der Waals surface area contributed by atoms with Crippen molar-refractivity contribution in [2.24, 2.45) is 32.5 Å². The number of anilines is 1. The summed E-state index contributed by atoms with van der Waals surface area (Å²) in [5.41, 5.74) is 19.9. The minimum atomic E-state index is -0.350. The predicted octanol–water partition coefficient (Wildman–Crippen LogP) is 1.84. The first-order chi connectivity index (χ1) is 9.58. The Morgan fingerprint density at radius 1 is 1.00 bits per heavy atom. The maximum absolute atomic E-state index is 7.07. The smallest absolute Gasteiger partial charge is 0.232 e. The molecule has 0 aliphatic carbocycles. The molecule has 2 rings (SSSR count). The molecule has 21 heavy (non-hydrogen) atoms. The summed E-state index contributed by atoms with van der Waals surface area (Å²) in [4.78, 5) is 0. The number of hydrogen-bond acceptors (Lipinski definition) is 4. The molecular formula is C12H15ClN8. The van der Waals surface area contributed by atoms with Gasteiger partial charge in [0.2, 0.25) is 11.9 Å². The van der Waals surface area contributed by atoms with Crippen molar-refractivity contribution in [2.45, 2.75) is 0 Å². The molecule has 0 spiro atoms. The molecule has 0 aliphatic heterocycles. The average molecular weight is 307 g/mol. The molecule has 0 saturated heterocycles. The van der Waals surface area contributed by atoms with Gasteiger partial charge in [-0.15, -0.1) is 27.7 Å². The van der Waals surface area contributed by atoms with Crippen LogP contribution in [0.3, 0.4) is 0 Å². The van der Waals surface area contributed by atoms with Crippen molar-refractivity contribution in [1.82, 2.24) is 0 Å². The molecule has 0 atom stereocenters. The zero-order valence-electron chi connectivity index (χ0n) is 10.9. The van der Waals surface area contributed by atoms with Gasteiger partial charge in [-0.1, -0.05) is 24.3 Å². The number of guanidine groups is 2. The van der Waals surface area contributed by atoms with E-state index in [0.29, 0.717) is 5.69 Å². The van der Waals surface area contributed by atoms with E-state index in [1.54, 1.807) is 12.1 Å². The van der Waals surface area contributed by atoms with Crippen LogP contribution in [-0.4, -0.2) is 11.9 Å². The van der Waals surface area contributed by atoms with E-state index < -0.39 is 0 Å². The van der Waals surface area contributed by atoms with Crippen LogP contribution in [0.4, 0.5) is 11.4 Å². The van der Waals surface area contributed by atoms with Gasteiger partial charge in [0.05, 0.1) is 11.4 Å². The molecule has 2 aromatic rings. The van der Waals surface area contributed by atoms with E-state index in [-0.39, 0.29) is 24.3 Å². The number of nitrogens with two attached hydrogens (primary N) is 3. The molecule has 0 aliphatic rings. The second-order valence-electron chi connectivity index (χ2n) is 3.91. The maximum Gasteiger partial charge on any atom is 0.232 e. The lowest BCUT2D eigenvalue weighted by Crippen LogP contribution is -2.23. The highest BCUT2D eigenvalue weighted by molar-refractivity contribution is 6.01. The van der Waals surface area contributed by atoms with Gasteiger partial charge in [0.15, 0.2) is 0 Å². The summed E-state index contributed by atoms with van der Waals surface area (Å²) in [6, 6.07) is 11.0. The zero-order valence-corrected chi connectivity index (χ0v) is 11.8. The molecule has 8 N–H and O–H groups in total. The summed E-state index contributed by atoms with van der Waals surface area (Å²) >= 11 is 0. The Bertz CT molecular complexity index is 705. The molecule has 0 fully saturated rings. The lowest BCUT2D eigenvalue weighted by Gasteiger charge is -2.07. The third kappa shape index (κ3) is 4.05. The maximum atomic E-state index is 7.07. The first-order valence-corrected chi connectivity index (χ1v) is 5.70. The zero-order chi connectivity index (χ0) is 14.5. The third-order valence-electron chi connectivity index (χ3n) is 2.47. The molecule has 0 saturated carbocycles. The molecule has 0 radical (unpaired) electrons. The van der Waals surface area contributed by atoms with E-state index in [0.717, 1.165) is 16.5 Å². The minimum Gasteiger partial charge on any atom is -0.369 e. The molecule has 9 heteroatoms. The number of fused-ring (bicyclic) bond motifs is 1. The number of benzene rings is 2. The number of halogens is 1. The first-order valence-electron chi connectivity index (χ1n) is 5.70. The number of nitrogens with zero attached hydrogens (tertiary/aromatic N) is 3. The molecule has 0 amide bonds. The van der Waals surface area contributed by atoms with Gasteiger partial charge in [0, 0.05) is 10.8 Å². The van der Waals surface area contributed by atoms with Crippen molar-refractivity contribution in [3.63, 3.8) is 0 Å². The fourth-order valence-electron chi connectivity index (χ4n) is 1.70. The first kappa shape index (κ1) is 16.2. The monoisotopic (exact) mass is 306 g/mol. The third-order valence-corrected chi connectivity index (χ3v) is 2.47. The van der Waals surface area contributed by atoms with E-state index in [1.165, 1.54) is 0 Å². The van der Waals surface area contributed by atoms with Crippen molar-refractivity contribution < 1.29 is 0 Å². The van der Waals surface area contributed by atoms with Crippen LogP contribution in [0.1, 0.15) is 0 Å². The van der Waals surface area contributed by atoms with Crippen molar-refractivity contribution in [1.29, 1.82) is 5.41 Å². The highest BCUT2D eigenvalue weighted by atomic mass is 35.5. The van der Waals surface area contributed by atoms with Crippen LogP contribution in [0.2, 0.25) is 0 Å². The van der Waals surface area contributed by atoms with Gasteiger partial charge in [-0.2, -0.15) is 0 Å². The van der Waals surface area contributed by atoms with Crippen molar-refractivity contribution in [2.75, 3.05) is 5.43 Å². The fraction of sp³-hybridized carbons (Fsp3) is 0. The van der Waals surface area contributed by atoms with Crippen LogP contribution >= 0.6 is 12.4 Å². The summed E-state index contributed by atoms with van der Waals surface area (Å²) in [6.07, 6.45) is 0. The van der Waals surface area contributed by atoms with E-state index in [4.69, 9.17) is 22.6 Å². The summed E-state index contributed by atoms with van der Waals surface area (Å²) in [6.45, 7) is 0. The number of rotatable bonds is 3. The molecule has 2 aromatic carbocycles. The lowest BCUT2D eigenvalue weighted by molar-refractivity contribution is 1.22. The Hall–Kier alpha value is -2.87. The minimum absolute atomic E-state index is 0. The van der Waals surface area contributed by atoms with E-state index >= 15 is 0 Å². The second kappa shape index (κ2) is 7.06. The van der Waals surface area contributed by atoms with E-state index in [2.05, 4.69) is 20.8 Å². The Labute approximate surface area is 127 Å². The van der Waals surface area contributed by atoms with Crippen molar-refractivity contribution in [3.8, 4) is 0 Å². The Morgan fingerprint density at radius 2 is 1.67 bits per heavy atom. The van der Waals surface area contributed by atoms with Crippen molar-refractivity contribution in [3.05, 3.63) is 36.4 Å². The normalized spacial score (nSPS) is 10.1. The van der Waals surface area contributed by atoms with Gasteiger partial charge < -0.3 is 17.2 Å². The van der Waals surface area contributed by atoms with Crippen LogP contribution in [0.25, 0.3) is 10.8 Å². The van der Waals surface area contributed by atoms with Gasteiger partial charge in [-0.25, -0.2) is 0 Å². The standard InChI is InChI=1S/C12H14N8.ClH/c13-11(14)19-17-9-5-6-10(18-20-12(15)16)8-4-2-1-3-7(8)9;/h1-6,17H,(H3,15,16)(H4,13,14,19);1H. The highest BCUT2D eigenvalue weighted by Crippen LogP contribution is 2.31. The lowest BCUT2D eigenvalue weighted by atomic mass is 10.1. The summed E-state index contributed by atoms with van der Waals surface area (Å²) in [5.74, 6) is -0.411. The van der Waals surface area contributed by atoms with Crippen LogP contribution in [0, 0.1) is 5.41 Å². The van der Waals surface area contributed by atoms with Crippen molar-refractivity contribution >= 4 is 46.5 Å². The molecule has 0 heterocycles. The number of azo groups is 1. The van der Waals surface area contributed by atoms with Gasteiger partial charge in [0.1, 0.15) is 0 Å². The largest absolute Gasteiger partial charge is 0.369 e. The number of nitrogens with one attached hydrogen (secondary N) is 2. The fourth-order valence-corrected chi connectivity index (χ4v) is 1.70. The van der Waals surface area contributed by atoms with Gasteiger partial charge in [0.25, 0.3) is 0 Å². The van der Waals surface area contributed by atoms with Crippen LogP contribution in [-0.2, 0) is 0 Å². The molecular weight excluding hydrogens is 292 g/mol. The topological polar surface area (TPSA) is 151 Å². The molecule has 0 aromatic heterocycles. The quantitative estimate of drug-likeness (QED) is 0.254. The average Bonchev–Trinajstić information content (AvgIpc) is 2.43. The highest BCUT2D eigenvalue weighted by Gasteiger charge is 2.05. The molecule has 0 bridgehead atoms. The predicted molar refractivity (Wildman–Crippen MR) is 87.1 cm³/mol. The molecule has 8 nitrogen and oxygen atoms in total. The van der Waals surface area contributed by atoms with E-state index in [9.17, 15) is 0 Å². The Balaban J connectivity index is 0.00000220. The van der Waals surface area contributed by atoms with E-state index in [1.807, 2.05) is 24.3 Å². The Kier molecular flexibility index (Phi) is 5.44. The summed E-state index contributed by atoms with van der Waals surface area (Å²) in [7, 11) is 0. The second-order valence-corrected chi connectivity index (χ2v) is 3.91. The van der Waals surface area contributed by atoms with Crippen LogP contribution < -0.4 is 22.6 Å². The van der Waals surface area contributed by atoms with Gasteiger partial charge in [-0.3, -0.25) is 10.8 Å². The van der Waals surface area contributed by atoms with Crippen LogP contribution in [0.5, 0.6) is 0 Å². The molecule has 110 valence electrons. The van der Waals surface area contributed by atoms with Gasteiger partial charge >= 0.3 is 0 Å². The van der Waals surface area contributed by atoms with Gasteiger partial charge in [-0.05, 0) is 12.1 Å². The number of hydrazone groups is 1. The summed E-state index contributed by atoms with van der Waals surface area (Å²) < 4.78 is 0. The van der Waals surface area contributed by atoms with Crippen LogP contribution in [0.15, 0.2) is 51.7 Å². The SMILES string of the molecule is Cl.N=C(N)N=Nc1ccc(NN=C(N)N)c2ccccc12. The number of hydrogen-bond donors (Lipinski definition) is 5. The molecule has 0 unspecified atom stereocenters. The Morgan fingerprint density at radius 3 is 2.29 bits per heavy atom.